The first-order valence-corrected chi connectivity index (χ1v) is 5.28. The number of rotatable bonds is 6. The van der Waals surface area contributed by atoms with Crippen LogP contribution >= 0.6 is 0 Å². The Hall–Kier alpha value is -2.29. The highest BCUT2D eigenvalue weighted by atomic mass is 16.5. The maximum Gasteiger partial charge on any atom is 0.358 e. The van der Waals surface area contributed by atoms with E-state index in [0.29, 0.717) is 31.3 Å². The number of aromatic carboxylic acids is 1. The average Bonchev–Trinajstić information content (AvgIpc) is 2.93. The van der Waals surface area contributed by atoms with Gasteiger partial charge in [0.15, 0.2) is 11.5 Å². The second kappa shape index (κ2) is 5.36. The molecule has 0 amide bonds. The molecule has 2 N–H and O–H groups in total. The van der Waals surface area contributed by atoms with E-state index in [0.717, 1.165) is 0 Å². The van der Waals surface area contributed by atoms with Gasteiger partial charge in [0.2, 0.25) is 5.89 Å². The first kappa shape index (κ1) is 12.2. The SMILES string of the molecule is Cc1noc(CNCCn2cc(C(=O)O)nn2)n1. The maximum absolute atomic E-state index is 10.6. The van der Waals surface area contributed by atoms with Gasteiger partial charge in [-0.15, -0.1) is 5.10 Å². The summed E-state index contributed by atoms with van der Waals surface area (Å²) in [5.41, 5.74) is -0.0671. The number of hydrogen-bond donors (Lipinski definition) is 2. The van der Waals surface area contributed by atoms with Crippen LogP contribution < -0.4 is 5.32 Å². The molecule has 2 rings (SSSR count). The third-order valence-electron chi connectivity index (χ3n) is 2.12. The van der Waals surface area contributed by atoms with Crippen LogP contribution in [0.4, 0.5) is 0 Å². The summed E-state index contributed by atoms with van der Waals surface area (Å²) < 4.78 is 6.37. The number of aryl methyl sites for hydroxylation is 1. The molecule has 0 bridgehead atoms. The van der Waals surface area contributed by atoms with Crippen LogP contribution in [0.25, 0.3) is 0 Å². The van der Waals surface area contributed by atoms with Crippen molar-refractivity contribution >= 4 is 5.97 Å². The molecule has 96 valence electrons. The van der Waals surface area contributed by atoms with Gasteiger partial charge in [-0.25, -0.2) is 4.79 Å². The first-order valence-electron chi connectivity index (χ1n) is 5.28. The van der Waals surface area contributed by atoms with E-state index in [1.54, 1.807) is 6.92 Å². The molecule has 0 aliphatic heterocycles. The molecule has 2 aromatic rings. The van der Waals surface area contributed by atoms with Crippen molar-refractivity contribution < 1.29 is 14.4 Å². The molecule has 0 radical (unpaired) electrons. The van der Waals surface area contributed by atoms with Gasteiger partial charge >= 0.3 is 5.97 Å². The zero-order valence-electron chi connectivity index (χ0n) is 9.70. The zero-order chi connectivity index (χ0) is 13.0. The summed E-state index contributed by atoms with van der Waals surface area (Å²) in [7, 11) is 0. The number of aromatic nitrogens is 5. The van der Waals surface area contributed by atoms with E-state index in [-0.39, 0.29) is 5.69 Å². The Kier molecular flexibility index (Phi) is 3.63. The van der Waals surface area contributed by atoms with Crippen LogP contribution in [0.5, 0.6) is 0 Å². The summed E-state index contributed by atoms with van der Waals surface area (Å²) in [5, 5.41) is 22.6. The van der Waals surface area contributed by atoms with Crippen LogP contribution in [-0.4, -0.2) is 42.8 Å². The molecule has 0 saturated heterocycles. The average molecular weight is 252 g/mol. The highest BCUT2D eigenvalue weighted by molar-refractivity contribution is 5.84. The lowest BCUT2D eigenvalue weighted by Crippen LogP contribution is -2.20. The van der Waals surface area contributed by atoms with E-state index in [2.05, 4.69) is 25.8 Å². The van der Waals surface area contributed by atoms with Crippen LogP contribution in [0.2, 0.25) is 0 Å². The van der Waals surface area contributed by atoms with Crippen molar-refractivity contribution in [1.82, 2.24) is 30.5 Å². The molecule has 0 aromatic carbocycles. The monoisotopic (exact) mass is 252 g/mol. The van der Waals surface area contributed by atoms with Crippen molar-refractivity contribution in [3.05, 3.63) is 23.6 Å². The molecule has 0 spiro atoms. The minimum absolute atomic E-state index is 0.0671. The van der Waals surface area contributed by atoms with Crippen molar-refractivity contribution in [3.63, 3.8) is 0 Å². The molecule has 0 fully saturated rings. The third-order valence-corrected chi connectivity index (χ3v) is 2.12. The predicted octanol–water partition coefficient (Wildman–Crippen LogP) is -0.542. The molecule has 9 heteroatoms. The topological polar surface area (TPSA) is 119 Å². The molecule has 18 heavy (non-hydrogen) atoms. The molecule has 2 heterocycles. The molecule has 0 unspecified atom stereocenters. The van der Waals surface area contributed by atoms with Gasteiger partial charge < -0.3 is 14.9 Å². The Morgan fingerprint density at radius 3 is 3.06 bits per heavy atom. The largest absolute Gasteiger partial charge is 0.476 e. The van der Waals surface area contributed by atoms with Crippen molar-refractivity contribution in [2.24, 2.45) is 0 Å². The van der Waals surface area contributed by atoms with Crippen LogP contribution in [0, 0.1) is 6.92 Å². The highest BCUT2D eigenvalue weighted by Crippen LogP contribution is 1.95. The van der Waals surface area contributed by atoms with Gasteiger partial charge in [0.25, 0.3) is 0 Å². The molecule has 9 nitrogen and oxygen atoms in total. The number of carboxylic acids is 1. The normalized spacial score (nSPS) is 10.7. The second-order valence-electron chi connectivity index (χ2n) is 3.58. The van der Waals surface area contributed by atoms with E-state index in [4.69, 9.17) is 9.63 Å². The summed E-state index contributed by atoms with van der Waals surface area (Å²) in [6, 6.07) is 0. The first-order chi connectivity index (χ1) is 8.65. The summed E-state index contributed by atoms with van der Waals surface area (Å²) in [6.07, 6.45) is 1.38. The fraction of sp³-hybridized carbons (Fsp3) is 0.444. The van der Waals surface area contributed by atoms with Crippen molar-refractivity contribution in [3.8, 4) is 0 Å². The van der Waals surface area contributed by atoms with E-state index in [1.807, 2.05) is 0 Å². The highest BCUT2D eigenvalue weighted by Gasteiger charge is 2.07. The Labute approximate surface area is 102 Å². The predicted molar refractivity (Wildman–Crippen MR) is 57.7 cm³/mol. The van der Waals surface area contributed by atoms with Gasteiger partial charge in [-0.3, -0.25) is 4.68 Å². The van der Waals surface area contributed by atoms with Crippen molar-refractivity contribution in [1.29, 1.82) is 0 Å². The van der Waals surface area contributed by atoms with Gasteiger partial charge in [0, 0.05) is 6.54 Å². The Balaban J connectivity index is 1.73. The van der Waals surface area contributed by atoms with E-state index in [9.17, 15) is 4.79 Å². The standard InChI is InChI=1S/C9H12N6O3/c1-6-11-8(18-13-6)4-10-2-3-15-5-7(9(16)17)12-14-15/h5,10H,2-4H2,1H3,(H,16,17). The molecule has 0 saturated carbocycles. The van der Waals surface area contributed by atoms with Gasteiger partial charge in [-0.2, -0.15) is 4.98 Å². The molecular weight excluding hydrogens is 240 g/mol. The minimum atomic E-state index is -1.09. The maximum atomic E-state index is 10.6. The summed E-state index contributed by atoms with van der Waals surface area (Å²) in [5.74, 6) is 0.0158. The number of nitrogens with one attached hydrogen (secondary N) is 1. The summed E-state index contributed by atoms with van der Waals surface area (Å²) in [6.45, 7) is 3.30. The molecule has 0 atom stereocenters. The van der Waals surface area contributed by atoms with Gasteiger partial charge in [-0.1, -0.05) is 10.4 Å². The lowest BCUT2D eigenvalue weighted by Gasteiger charge is -2.00. The van der Waals surface area contributed by atoms with Crippen LogP contribution in [0.3, 0.4) is 0 Å². The molecular formula is C9H12N6O3. The summed E-state index contributed by atoms with van der Waals surface area (Å²) >= 11 is 0. The van der Waals surface area contributed by atoms with Gasteiger partial charge in [-0.05, 0) is 6.92 Å². The Bertz CT molecular complexity index is 534. The fourth-order valence-electron chi connectivity index (χ4n) is 1.31. The third kappa shape index (κ3) is 3.10. The van der Waals surface area contributed by atoms with Crippen molar-refractivity contribution in [2.75, 3.05) is 6.54 Å². The number of nitrogens with zero attached hydrogens (tertiary/aromatic N) is 5. The van der Waals surface area contributed by atoms with E-state index < -0.39 is 5.97 Å². The van der Waals surface area contributed by atoms with Gasteiger partial charge in [0.05, 0.1) is 19.3 Å². The van der Waals surface area contributed by atoms with E-state index >= 15 is 0 Å². The van der Waals surface area contributed by atoms with Crippen LogP contribution in [-0.2, 0) is 13.1 Å². The minimum Gasteiger partial charge on any atom is -0.476 e. The molecule has 2 aromatic heterocycles. The molecule has 0 aliphatic rings. The quantitative estimate of drug-likeness (QED) is 0.658. The van der Waals surface area contributed by atoms with E-state index in [1.165, 1.54) is 10.9 Å². The second-order valence-corrected chi connectivity index (χ2v) is 3.58. The lowest BCUT2D eigenvalue weighted by atomic mass is 10.5. The van der Waals surface area contributed by atoms with Gasteiger partial charge in [0.1, 0.15) is 0 Å². The zero-order valence-corrected chi connectivity index (χ0v) is 9.70. The van der Waals surface area contributed by atoms with Crippen LogP contribution in [0.1, 0.15) is 22.2 Å². The number of hydrogen-bond acceptors (Lipinski definition) is 7. The lowest BCUT2D eigenvalue weighted by molar-refractivity contribution is 0.0690. The Morgan fingerprint density at radius 2 is 2.44 bits per heavy atom. The fourth-order valence-corrected chi connectivity index (χ4v) is 1.31. The van der Waals surface area contributed by atoms with Crippen LogP contribution in [0.15, 0.2) is 10.7 Å². The smallest absolute Gasteiger partial charge is 0.358 e. The molecule has 0 aliphatic carbocycles. The number of carboxylic acid groups (broad SMARTS) is 1. The summed E-state index contributed by atoms with van der Waals surface area (Å²) in [4.78, 5) is 14.6. The number of carbonyl (C=O) groups is 1. The van der Waals surface area contributed by atoms with Crippen molar-refractivity contribution in [2.45, 2.75) is 20.0 Å². The Morgan fingerprint density at radius 1 is 1.61 bits per heavy atom.